The minimum atomic E-state index is -0.329. The first-order chi connectivity index (χ1) is 10.7. The smallest absolute Gasteiger partial charge is 0.330 e. The fourth-order valence-corrected chi connectivity index (χ4v) is 2.81. The molecule has 2 rings (SSSR count). The second kappa shape index (κ2) is 8.41. The molecule has 0 amide bonds. The summed E-state index contributed by atoms with van der Waals surface area (Å²) in [6.45, 7) is 2.17. The number of benzene rings is 2. The molecule has 22 heavy (non-hydrogen) atoms. The zero-order valence-electron chi connectivity index (χ0n) is 12.6. The van der Waals surface area contributed by atoms with Crippen LogP contribution in [0.15, 0.2) is 59.5 Å². The van der Waals surface area contributed by atoms with Gasteiger partial charge in [-0.25, -0.2) is 4.79 Å². The lowest BCUT2D eigenvalue weighted by Gasteiger charge is -2.04. The molecule has 3 nitrogen and oxygen atoms in total. The normalized spacial score (nSPS) is 10.8. The minimum Gasteiger partial charge on any atom is -0.463 e. The van der Waals surface area contributed by atoms with Crippen molar-refractivity contribution in [3.05, 3.63) is 65.7 Å². The number of rotatable bonds is 6. The highest BCUT2D eigenvalue weighted by atomic mass is 32.2. The Bertz CT molecular complexity index is 653. The molecule has 0 aliphatic carbocycles. The minimum absolute atomic E-state index is 0.329. The number of thioether (sulfide) groups is 1. The molecular weight excluding hydrogens is 294 g/mol. The Morgan fingerprint density at radius 1 is 1.23 bits per heavy atom. The molecule has 2 aromatic rings. The Morgan fingerprint density at radius 2 is 2.00 bits per heavy atom. The molecular formula is C18H20NO2S+. The molecule has 0 aliphatic heterocycles. The largest absolute Gasteiger partial charge is 0.463 e. The maximum atomic E-state index is 11.4. The van der Waals surface area contributed by atoms with Gasteiger partial charge in [-0.05, 0) is 30.7 Å². The van der Waals surface area contributed by atoms with E-state index >= 15 is 0 Å². The summed E-state index contributed by atoms with van der Waals surface area (Å²) >= 11 is 1.76. The molecule has 0 aliphatic rings. The van der Waals surface area contributed by atoms with Crippen LogP contribution in [0.5, 0.6) is 0 Å². The summed E-state index contributed by atoms with van der Waals surface area (Å²) in [7, 11) is 0. The van der Waals surface area contributed by atoms with Crippen molar-refractivity contribution in [1.29, 1.82) is 0 Å². The van der Waals surface area contributed by atoms with Gasteiger partial charge in [0.2, 0.25) is 0 Å². The molecule has 0 saturated heterocycles. The molecule has 2 aromatic carbocycles. The summed E-state index contributed by atoms with van der Waals surface area (Å²) in [5, 5.41) is 0. The molecule has 0 bridgehead atoms. The third kappa shape index (κ3) is 5.06. The summed E-state index contributed by atoms with van der Waals surface area (Å²) in [5.41, 5.74) is 7.11. The van der Waals surface area contributed by atoms with Crippen LogP contribution in [-0.2, 0) is 15.3 Å². The van der Waals surface area contributed by atoms with E-state index in [2.05, 4.69) is 23.9 Å². The van der Waals surface area contributed by atoms with Crippen LogP contribution < -0.4 is 5.73 Å². The van der Waals surface area contributed by atoms with E-state index in [0.29, 0.717) is 6.61 Å². The van der Waals surface area contributed by atoms with Crippen molar-refractivity contribution in [3.63, 3.8) is 0 Å². The molecule has 0 atom stereocenters. The molecule has 114 valence electrons. The SMILES string of the molecule is CCOC(=O)/C=C/c1cc(SCc2ccccc2)ccc1[NH3+]. The van der Waals surface area contributed by atoms with Crippen LogP contribution in [-0.4, -0.2) is 12.6 Å². The lowest BCUT2D eigenvalue weighted by molar-refractivity contribution is -0.255. The van der Waals surface area contributed by atoms with Gasteiger partial charge in [0.15, 0.2) is 0 Å². The first-order valence-electron chi connectivity index (χ1n) is 7.16. The molecule has 0 unspecified atom stereocenters. The van der Waals surface area contributed by atoms with Crippen molar-refractivity contribution in [2.45, 2.75) is 17.6 Å². The highest BCUT2D eigenvalue weighted by molar-refractivity contribution is 7.98. The van der Waals surface area contributed by atoms with Crippen LogP contribution in [0, 0.1) is 0 Å². The monoisotopic (exact) mass is 314 g/mol. The van der Waals surface area contributed by atoms with E-state index in [1.54, 1.807) is 24.8 Å². The van der Waals surface area contributed by atoms with Gasteiger partial charge < -0.3 is 10.5 Å². The van der Waals surface area contributed by atoms with Crippen LogP contribution in [0.2, 0.25) is 0 Å². The molecule has 4 heteroatoms. The molecule has 0 heterocycles. The van der Waals surface area contributed by atoms with Gasteiger partial charge >= 0.3 is 5.97 Å². The zero-order valence-corrected chi connectivity index (χ0v) is 13.4. The van der Waals surface area contributed by atoms with Gasteiger partial charge in [-0.2, -0.15) is 0 Å². The Labute approximate surface area is 135 Å². The topological polar surface area (TPSA) is 53.9 Å². The van der Waals surface area contributed by atoms with Gasteiger partial charge in [0.25, 0.3) is 0 Å². The molecule has 3 N–H and O–H groups in total. The van der Waals surface area contributed by atoms with Crippen LogP contribution in [0.25, 0.3) is 6.08 Å². The van der Waals surface area contributed by atoms with E-state index in [1.165, 1.54) is 11.6 Å². The van der Waals surface area contributed by atoms with E-state index in [4.69, 9.17) is 4.74 Å². The van der Waals surface area contributed by atoms with Crippen LogP contribution >= 0.6 is 11.8 Å². The summed E-state index contributed by atoms with van der Waals surface area (Å²) in [6, 6.07) is 16.4. The highest BCUT2D eigenvalue weighted by Crippen LogP contribution is 2.26. The average molecular weight is 314 g/mol. The van der Waals surface area contributed by atoms with Gasteiger partial charge in [0, 0.05) is 28.4 Å². The van der Waals surface area contributed by atoms with E-state index < -0.39 is 0 Å². The van der Waals surface area contributed by atoms with Crippen molar-refractivity contribution >= 4 is 29.5 Å². The fraction of sp³-hybridized carbons (Fsp3) is 0.167. The number of quaternary nitrogens is 1. The maximum Gasteiger partial charge on any atom is 0.330 e. The molecule has 0 saturated carbocycles. The van der Waals surface area contributed by atoms with Crippen molar-refractivity contribution in [2.75, 3.05) is 6.61 Å². The van der Waals surface area contributed by atoms with E-state index in [1.807, 2.05) is 30.3 Å². The molecule has 0 aromatic heterocycles. The Hall–Kier alpha value is -2.04. The average Bonchev–Trinajstić information content (AvgIpc) is 2.54. The molecule has 0 radical (unpaired) electrons. The standard InChI is InChI=1S/C18H19NO2S/c1-2-21-18(20)11-8-15-12-16(9-10-17(15)19)22-13-14-6-4-3-5-7-14/h3-12H,2,13,19H2,1H3/p+1/b11-8+. The van der Waals surface area contributed by atoms with E-state index in [0.717, 1.165) is 21.9 Å². The summed E-state index contributed by atoms with van der Waals surface area (Å²) in [4.78, 5) is 12.5. The number of carbonyl (C=O) groups excluding carboxylic acids is 1. The van der Waals surface area contributed by atoms with Crippen LogP contribution in [0.1, 0.15) is 18.1 Å². The van der Waals surface area contributed by atoms with Crippen molar-refractivity contribution < 1.29 is 15.3 Å². The number of hydrogen-bond acceptors (Lipinski definition) is 3. The van der Waals surface area contributed by atoms with Crippen molar-refractivity contribution in [1.82, 2.24) is 0 Å². The lowest BCUT2D eigenvalue weighted by atomic mass is 10.1. The Kier molecular flexibility index (Phi) is 6.25. The first kappa shape index (κ1) is 16.3. The van der Waals surface area contributed by atoms with Gasteiger partial charge in [0.1, 0.15) is 5.69 Å². The third-order valence-corrected chi connectivity index (χ3v) is 4.12. The number of carbonyl (C=O) groups is 1. The van der Waals surface area contributed by atoms with Gasteiger partial charge in [0.05, 0.1) is 6.61 Å². The summed E-state index contributed by atoms with van der Waals surface area (Å²) in [6.07, 6.45) is 3.20. The third-order valence-electron chi connectivity index (χ3n) is 3.05. The van der Waals surface area contributed by atoms with E-state index in [9.17, 15) is 4.79 Å². The van der Waals surface area contributed by atoms with E-state index in [-0.39, 0.29) is 5.97 Å². The maximum absolute atomic E-state index is 11.4. The summed E-state index contributed by atoms with van der Waals surface area (Å²) < 4.78 is 4.89. The first-order valence-corrected chi connectivity index (χ1v) is 8.15. The molecule has 0 fully saturated rings. The zero-order chi connectivity index (χ0) is 15.8. The van der Waals surface area contributed by atoms with Gasteiger partial charge in [-0.3, -0.25) is 0 Å². The quantitative estimate of drug-likeness (QED) is 0.505. The highest BCUT2D eigenvalue weighted by Gasteiger charge is 2.04. The summed E-state index contributed by atoms with van der Waals surface area (Å²) in [5.74, 6) is 0.586. The van der Waals surface area contributed by atoms with Gasteiger partial charge in [-0.15, -0.1) is 11.8 Å². The lowest BCUT2D eigenvalue weighted by Crippen LogP contribution is -2.41. The number of esters is 1. The Balaban J connectivity index is 2.04. The second-order valence-electron chi connectivity index (χ2n) is 4.72. The van der Waals surface area contributed by atoms with Crippen molar-refractivity contribution in [2.24, 2.45) is 0 Å². The van der Waals surface area contributed by atoms with Crippen molar-refractivity contribution in [3.8, 4) is 0 Å². The Morgan fingerprint density at radius 3 is 2.73 bits per heavy atom. The predicted octanol–water partition coefficient (Wildman–Crippen LogP) is 3.43. The predicted molar refractivity (Wildman–Crippen MR) is 90.7 cm³/mol. The number of ether oxygens (including phenoxy) is 1. The van der Waals surface area contributed by atoms with Gasteiger partial charge in [-0.1, -0.05) is 30.3 Å². The van der Waals surface area contributed by atoms with Crippen LogP contribution in [0.3, 0.4) is 0 Å². The number of hydrogen-bond donors (Lipinski definition) is 1. The van der Waals surface area contributed by atoms with Crippen LogP contribution in [0.4, 0.5) is 5.69 Å². The fourth-order valence-electron chi connectivity index (χ4n) is 1.91. The molecule has 0 spiro atoms. The second-order valence-corrected chi connectivity index (χ2v) is 5.77.